The maximum absolute atomic E-state index is 15.4. The van der Waals surface area contributed by atoms with E-state index in [0.29, 0.717) is 95.2 Å². The molecular weight excluding hydrogens is 1040 g/mol. The average molecular weight is 1120 g/mol. The number of fused-ring (bicyclic) bond motifs is 6. The van der Waals surface area contributed by atoms with Crippen molar-refractivity contribution in [2.24, 2.45) is 17.3 Å². The van der Waals surface area contributed by atoms with Crippen LogP contribution in [0.4, 0.5) is 10.1 Å². The number of pyridine rings is 2. The molecular formula is C60H77FN10O8S. The SMILES string of the molecule is CO[C@@H](C)c1ncc(N2CCN(C3CC3)CC2)cc1-c1c2c3cc(ccc3n1CCOC1CCOCC1)-c1csc(n1)[C@@H](N1CCOCC1)[C@H](NC(=O)[C@H]1[C@H](C)[C@@H]1c1ccc(F)cn1)C(=O)N1CCC[C@H](N1)C(=O)OCC(C)(C)C2. The van der Waals surface area contributed by atoms with Gasteiger partial charge in [-0.3, -0.25) is 39.2 Å². The van der Waals surface area contributed by atoms with Crippen LogP contribution in [0.5, 0.6) is 0 Å². The lowest BCUT2D eigenvalue weighted by molar-refractivity contribution is -0.156. The number of nitrogens with one attached hydrogen (secondary N) is 2. The number of aromatic nitrogens is 4. The van der Waals surface area contributed by atoms with Gasteiger partial charge in [0.05, 0.1) is 79.8 Å². The van der Waals surface area contributed by atoms with E-state index in [-0.39, 0.29) is 42.5 Å². The largest absolute Gasteiger partial charge is 0.464 e. The number of hydrazine groups is 1. The smallest absolute Gasteiger partial charge is 0.324 e. The van der Waals surface area contributed by atoms with Crippen LogP contribution >= 0.6 is 11.3 Å². The van der Waals surface area contributed by atoms with Gasteiger partial charge in [-0.25, -0.2) is 14.8 Å². The van der Waals surface area contributed by atoms with E-state index >= 15 is 4.79 Å². The summed E-state index contributed by atoms with van der Waals surface area (Å²) in [5.74, 6) is -2.40. The third-order valence-electron chi connectivity index (χ3n) is 17.8. The third-order valence-corrected chi connectivity index (χ3v) is 18.7. The molecule has 428 valence electrons. The summed E-state index contributed by atoms with van der Waals surface area (Å²) < 4.78 is 47.2. The number of halogens is 1. The van der Waals surface area contributed by atoms with E-state index in [1.54, 1.807) is 13.2 Å². The highest BCUT2D eigenvalue weighted by Gasteiger charge is 2.55. The minimum absolute atomic E-state index is 0.0928. The molecule has 7 aliphatic rings. The number of carbonyl (C=O) groups is 3. The lowest BCUT2D eigenvalue weighted by Gasteiger charge is -2.41. The molecule has 2 amide bonds. The van der Waals surface area contributed by atoms with Gasteiger partial charge in [-0.05, 0) is 93.7 Å². The number of morpholine rings is 1. The number of nitrogens with zero attached hydrogens (tertiary/aromatic N) is 8. The summed E-state index contributed by atoms with van der Waals surface area (Å²) in [5.41, 5.74) is 11.0. The van der Waals surface area contributed by atoms with E-state index in [1.807, 2.05) is 13.1 Å². The van der Waals surface area contributed by atoms with Gasteiger partial charge in [0, 0.05) is 129 Å². The first-order chi connectivity index (χ1) is 38.8. The molecule has 9 heterocycles. The zero-order valence-electron chi connectivity index (χ0n) is 46.9. The second-order valence-corrected chi connectivity index (χ2v) is 24.8. The van der Waals surface area contributed by atoms with E-state index in [9.17, 15) is 14.0 Å². The van der Waals surface area contributed by atoms with Crippen molar-refractivity contribution in [3.8, 4) is 22.5 Å². The molecule has 12 rings (SSSR count). The van der Waals surface area contributed by atoms with Crippen LogP contribution in [0.3, 0.4) is 0 Å². The van der Waals surface area contributed by atoms with Crippen LogP contribution in [-0.4, -0.2) is 169 Å². The minimum Gasteiger partial charge on any atom is -0.464 e. The summed E-state index contributed by atoms with van der Waals surface area (Å²) in [5, 5.41) is 8.51. The number of methoxy groups -OCH3 is 1. The topological polar surface area (TPSA) is 178 Å². The number of thiazole rings is 1. The highest BCUT2D eigenvalue weighted by molar-refractivity contribution is 7.10. The van der Waals surface area contributed by atoms with Crippen molar-refractivity contribution >= 4 is 45.7 Å². The molecule has 0 unspecified atom stereocenters. The van der Waals surface area contributed by atoms with Crippen LogP contribution in [-0.2, 0) is 51.0 Å². The maximum Gasteiger partial charge on any atom is 0.324 e. The van der Waals surface area contributed by atoms with Gasteiger partial charge in [-0.1, -0.05) is 26.8 Å². The lowest BCUT2D eigenvalue weighted by atomic mass is 9.84. The Kier molecular flexibility index (Phi) is 16.1. The molecule has 5 aliphatic heterocycles. The molecule has 5 aromatic rings. The molecule has 80 heavy (non-hydrogen) atoms. The predicted octanol–water partition coefficient (Wildman–Crippen LogP) is 7.08. The van der Waals surface area contributed by atoms with Gasteiger partial charge in [0.25, 0.3) is 5.91 Å². The Morgan fingerprint density at radius 2 is 1.73 bits per heavy atom. The fourth-order valence-corrected chi connectivity index (χ4v) is 14.0. The Morgan fingerprint density at radius 3 is 2.48 bits per heavy atom. The molecule has 6 bridgehead atoms. The standard InChI is InChI=1S/C60H77FN10O8S/c1-36-50(46-12-9-39(61)32-62-46)51(36)56(72)65-53-55(69-21-26-77-27-22-69)57-64-48(34-80-57)38-8-13-49-43(29-38)45(31-60(3,4)35-79-59(74)47-7-6-16-71(66-47)58(53)73)54(70(49)23-28-78-42-14-24-76-25-15-42)44-30-41(33-63-52(44)37(2)75-5)68-19-17-67(18-20-68)40-10-11-40/h8-9,12-13,29-30,32-34,36-37,40,42,47,50-51,53,55,66H,6-7,10-11,14-28,31,35H2,1-5H3,(H,65,72)/t36-,37+,47+,50-,51+,53+,55+/m1/s1. The summed E-state index contributed by atoms with van der Waals surface area (Å²) in [6, 6.07) is 9.98. The van der Waals surface area contributed by atoms with E-state index in [4.69, 9.17) is 33.7 Å². The van der Waals surface area contributed by atoms with Crippen molar-refractivity contribution < 1.29 is 42.5 Å². The highest BCUT2D eigenvalue weighted by atomic mass is 32.1. The van der Waals surface area contributed by atoms with Crippen LogP contribution in [0, 0.1) is 23.1 Å². The Labute approximate surface area is 472 Å². The number of ether oxygens (including phenoxy) is 5. The van der Waals surface area contributed by atoms with Gasteiger partial charge in [0.15, 0.2) is 0 Å². The zero-order chi connectivity index (χ0) is 55.2. The quantitative estimate of drug-likeness (QED) is 0.114. The number of piperazine rings is 1. The van der Waals surface area contributed by atoms with Crippen LogP contribution < -0.4 is 15.6 Å². The van der Waals surface area contributed by atoms with Crippen molar-refractivity contribution in [2.75, 3.05) is 97.5 Å². The van der Waals surface area contributed by atoms with Gasteiger partial charge in [-0.15, -0.1) is 11.3 Å². The van der Waals surface area contributed by atoms with Gasteiger partial charge in [0.1, 0.15) is 22.9 Å². The summed E-state index contributed by atoms with van der Waals surface area (Å²) in [4.78, 5) is 66.9. The van der Waals surface area contributed by atoms with E-state index in [0.717, 1.165) is 89.4 Å². The Morgan fingerprint density at radius 1 is 0.938 bits per heavy atom. The van der Waals surface area contributed by atoms with E-state index in [2.05, 4.69) is 85.4 Å². The van der Waals surface area contributed by atoms with Crippen molar-refractivity contribution in [1.82, 2.24) is 45.1 Å². The van der Waals surface area contributed by atoms with E-state index in [1.165, 1.54) is 41.5 Å². The molecule has 7 atom stereocenters. The fourth-order valence-electron chi connectivity index (χ4n) is 13.0. The third kappa shape index (κ3) is 11.5. The molecule has 18 nitrogen and oxygen atoms in total. The number of amides is 2. The number of hydrogen-bond acceptors (Lipinski definition) is 16. The molecule has 4 saturated heterocycles. The molecule has 6 fully saturated rings. The monoisotopic (exact) mass is 1120 g/mol. The summed E-state index contributed by atoms with van der Waals surface area (Å²) in [6.07, 6.45) is 8.78. The fraction of sp³-hybridized carbons (Fsp3) is 0.600. The number of carbonyl (C=O) groups excluding carboxylic acids is 3. The molecule has 2 aliphatic carbocycles. The van der Waals surface area contributed by atoms with Gasteiger partial charge in [-0.2, -0.15) is 0 Å². The number of hydrogen-bond donors (Lipinski definition) is 2. The molecule has 20 heteroatoms. The van der Waals surface area contributed by atoms with Gasteiger partial charge >= 0.3 is 5.97 Å². The predicted molar refractivity (Wildman–Crippen MR) is 301 cm³/mol. The Hall–Kier alpha value is -5.45. The number of benzene rings is 1. The van der Waals surface area contributed by atoms with Crippen molar-refractivity contribution in [2.45, 2.75) is 121 Å². The van der Waals surface area contributed by atoms with Gasteiger partial charge < -0.3 is 38.5 Å². The summed E-state index contributed by atoms with van der Waals surface area (Å²) >= 11 is 1.47. The molecule has 0 radical (unpaired) electrons. The first-order valence-corrected chi connectivity index (χ1v) is 30.0. The van der Waals surface area contributed by atoms with Crippen LogP contribution in [0.15, 0.2) is 54.2 Å². The van der Waals surface area contributed by atoms with Crippen molar-refractivity contribution in [3.05, 3.63) is 81.9 Å². The highest BCUT2D eigenvalue weighted by Crippen LogP contribution is 2.53. The molecule has 2 N–H and O–H groups in total. The summed E-state index contributed by atoms with van der Waals surface area (Å²) in [6.45, 7) is 16.9. The zero-order valence-corrected chi connectivity index (χ0v) is 47.7. The Balaban J connectivity index is 0.988. The Bertz CT molecular complexity index is 3040. The van der Waals surface area contributed by atoms with Crippen molar-refractivity contribution in [3.63, 3.8) is 0 Å². The van der Waals surface area contributed by atoms with E-state index < -0.39 is 41.2 Å². The number of esters is 1. The number of anilines is 1. The molecule has 1 aromatic carbocycles. The minimum atomic E-state index is -1.11. The summed E-state index contributed by atoms with van der Waals surface area (Å²) in [7, 11) is 1.73. The average Bonchev–Trinajstić information content (AvgIpc) is 4.39. The molecule has 2 saturated carbocycles. The number of cyclic esters (lactones) is 1. The van der Waals surface area contributed by atoms with Crippen LogP contribution in [0.2, 0.25) is 0 Å². The second kappa shape index (κ2) is 23.4. The lowest BCUT2D eigenvalue weighted by Crippen LogP contribution is -2.63. The first kappa shape index (κ1) is 55.1. The second-order valence-electron chi connectivity index (χ2n) is 23.9. The van der Waals surface area contributed by atoms with Crippen LogP contribution in [0.25, 0.3) is 33.4 Å². The van der Waals surface area contributed by atoms with Gasteiger partial charge in [0.2, 0.25) is 5.91 Å². The normalized spacial score (nSPS) is 26.7. The van der Waals surface area contributed by atoms with Crippen molar-refractivity contribution in [1.29, 1.82) is 0 Å². The van der Waals surface area contributed by atoms with Crippen LogP contribution in [0.1, 0.15) is 106 Å². The first-order valence-electron chi connectivity index (χ1n) is 29.1. The maximum atomic E-state index is 15.4. The number of rotatable bonds is 13. The molecule has 0 spiro atoms. The molecule has 4 aromatic heterocycles.